The minimum absolute atomic E-state index is 0.314. The Bertz CT molecular complexity index is 1230. The highest BCUT2D eigenvalue weighted by Gasteiger charge is 2.37. The monoisotopic (exact) mass is 369 g/mol. The second-order valence-corrected chi connectivity index (χ2v) is 6.64. The summed E-state index contributed by atoms with van der Waals surface area (Å²) in [7, 11) is 1.48. The van der Waals surface area contributed by atoms with Crippen LogP contribution >= 0.6 is 0 Å². The highest BCUT2D eigenvalue weighted by atomic mass is 16.2. The summed E-state index contributed by atoms with van der Waals surface area (Å²) in [6.07, 6.45) is 4.82. The molecule has 0 saturated heterocycles. The van der Waals surface area contributed by atoms with E-state index in [4.69, 9.17) is 5.10 Å². The van der Waals surface area contributed by atoms with Gasteiger partial charge in [-0.25, -0.2) is 9.67 Å². The van der Waals surface area contributed by atoms with Crippen molar-refractivity contribution in [2.45, 2.75) is 6.54 Å². The third-order valence-corrected chi connectivity index (χ3v) is 4.94. The normalized spacial score (nSPS) is 13.4. The van der Waals surface area contributed by atoms with Crippen molar-refractivity contribution >= 4 is 22.8 Å². The van der Waals surface area contributed by atoms with Crippen molar-refractivity contribution in [3.8, 4) is 11.3 Å². The van der Waals surface area contributed by atoms with Gasteiger partial charge in [-0.2, -0.15) is 5.10 Å². The first-order valence-corrected chi connectivity index (χ1v) is 8.81. The highest BCUT2D eigenvalue weighted by molar-refractivity contribution is 6.27. The molecule has 0 spiro atoms. The van der Waals surface area contributed by atoms with E-state index in [0.29, 0.717) is 34.4 Å². The number of fused-ring (bicyclic) bond motifs is 3. The smallest absolute Gasteiger partial charge is 0.262 e. The standard InChI is InChI=1S/C21H15N5O2/c1-25-20(27)15-11-23-19-17(16(15)21(25)28)18(14-7-9-22-10-8-14)24-26(19)12-13-5-3-2-4-6-13/h2-11H,12H2,1H3. The molecule has 5 rings (SSSR count). The van der Waals surface area contributed by atoms with Crippen LogP contribution in [0.3, 0.4) is 0 Å². The predicted octanol–water partition coefficient (Wildman–Crippen LogP) is 2.77. The quantitative estimate of drug-likeness (QED) is 0.519. The topological polar surface area (TPSA) is 81.0 Å². The van der Waals surface area contributed by atoms with Crippen molar-refractivity contribution in [1.29, 1.82) is 0 Å². The molecule has 0 bridgehead atoms. The fraction of sp³-hybridized carbons (Fsp3) is 0.0952. The molecule has 0 aliphatic carbocycles. The van der Waals surface area contributed by atoms with Crippen LogP contribution in [0.2, 0.25) is 0 Å². The van der Waals surface area contributed by atoms with Crippen LogP contribution in [0, 0.1) is 0 Å². The molecule has 4 aromatic rings. The van der Waals surface area contributed by atoms with E-state index >= 15 is 0 Å². The van der Waals surface area contributed by atoms with Gasteiger partial charge < -0.3 is 0 Å². The third-order valence-electron chi connectivity index (χ3n) is 4.94. The van der Waals surface area contributed by atoms with Gasteiger partial charge >= 0.3 is 0 Å². The minimum atomic E-state index is -0.342. The van der Waals surface area contributed by atoms with E-state index in [9.17, 15) is 9.59 Å². The van der Waals surface area contributed by atoms with Gasteiger partial charge in [0, 0.05) is 31.2 Å². The number of aromatic nitrogens is 4. The van der Waals surface area contributed by atoms with E-state index in [1.54, 1.807) is 17.1 Å². The lowest BCUT2D eigenvalue weighted by Gasteiger charge is -2.04. The first-order chi connectivity index (χ1) is 13.6. The maximum atomic E-state index is 12.8. The van der Waals surface area contributed by atoms with E-state index in [-0.39, 0.29) is 11.8 Å². The molecule has 7 nitrogen and oxygen atoms in total. The summed E-state index contributed by atoms with van der Waals surface area (Å²) in [6, 6.07) is 13.6. The zero-order chi connectivity index (χ0) is 19.3. The molecule has 28 heavy (non-hydrogen) atoms. The predicted molar refractivity (Wildman–Crippen MR) is 103 cm³/mol. The Labute approximate surface area is 160 Å². The van der Waals surface area contributed by atoms with Crippen LogP contribution in [-0.2, 0) is 6.54 Å². The van der Waals surface area contributed by atoms with Crippen LogP contribution in [0.5, 0.6) is 0 Å². The Morgan fingerprint density at radius 1 is 0.964 bits per heavy atom. The lowest BCUT2D eigenvalue weighted by molar-refractivity contribution is 0.0693. The number of hydrogen-bond acceptors (Lipinski definition) is 5. The molecular formula is C21H15N5O2. The molecule has 1 aliphatic rings. The second-order valence-electron chi connectivity index (χ2n) is 6.64. The van der Waals surface area contributed by atoms with Crippen LogP contribution in [0.25, 0.3) is 22.3 Å². The number of nitrogens with zero attached hydrogens (tertiary/aromatic N) is 5. The average molecular weight is 369 g/mol. The summed E-state index contributed by atoms with van der Waals surface area (Å²) in [5, 5.41) is 5.36. The first-order valence-electron chi connectivity index (χ1n) is 8.81. The average Bonchev–Trinajstić information content (AvgIpc) is 3.21. The van der Waals surface area contributed by atoms with Gasteiger partial charge in [0.15, 0.2) is 5.65 Å². The number of carbonyl (C=O) groups is 2. The van der Waals surface area contributed by atoms with Crippen molar-refractivity contribution in [2.24, 2.45) is 0 Å². The van der Waals surface area contributed by atoms with Gasteiger partial charge in [0.2, 0.25) is 0 Å². The SMILES string of the molecule is CN1C(=O)c2cnc3c(c(-c4ccncc4)nn3Cc3ccccc3)c2C1=O. The van der Waals surface area contributed by atoms with E-state index in [1.807, 2.05) is 42.5 Å². The summed E-state index contributed by atoms with van der Waals surface area (Å²) in [5.74, 6) is -0.673. The molecule has 2 amide bonds. The summed E-state index contributed by atoms with van der Waals surface area (Å²) in [4.78, 5) is 34.9. The van der Waals surface area contributed by atoms with E-state index in [1.165, 1.54) is 13.2 Å². The maximum absolute atomic E-state index is 12.8. The molecule has 7 heteroatoms. The molecule has 4 heterocycles. The lowest BCUT2D eigenvalue weighted by atomic mass is 10.0. The number of hydrogen-bond donors (Lipinski definition) is 0. The number of amides is 2. The van der Waals surface area contributed by atoms with Crippen molar-refractivity contribution < 1.29 is 9.59 Å². The molecular weight excluding hydrogens is 354 g/mol. The molecule has 0 atom stereocenters. The molecule has 0 radical (unpaired) electrons. The largest absolute Gasteiger partial charge is 0.277 e. The van der Waals surface area contributed by atoms with Gasteiger partial charge in [-0.05, 0) is 17.7 Å². The van der Waals surface area contributed by atoms with E-state index < -0.39 is 0 Å². The summed E-state index contributed by atoms with van der Waals surface area (Å²) in [6.45, 7) is 0.506. The molecule has 1 aromatic carbocycles. The fourth-order valence-corrected chi connectivity index (χ4v) is 3.54. The summed E-state index contributed by atoms with van der Waals surface area (Å²) < 4.78 is 1.77. The maximum Gasteiger partial charge on any atom is 0.262 e. The third kappa shape index (κ3) is 2.33. The summed E-state index contributed by atoms with van der Waals surface area (Å²) in [5.41, 5.74) is 3.75. The van der Waals surface area contributed by atoms with E-state index in [2.05, 4.69) is 9.97 Å². The Kier molecular flexibility index (Phi) is 3.55. The van der Waals surface area contributed by atoms with Crippen molar-refractivity contribution in [2.75, 3.05) is 7.05 Å². The molecule has 136 valence electrons. The van der Waals surface area contributed by atoms with Crippen molar-refractivity contribution in [3.63, 3.8) is 0 Å². The lowest BCUT2D eigenvalue weighted by Crippen LogP contribution is -2.24. The molecule has 0 fully saturated rings. The van der Waals surface area contributed by atoms with Gasteiger partial charge in [0.05, 0.1) is 23.1 Å². The molecule has 0 N–H and O–H groups in total. The zero-order valence-electron chi connectivity index (χ0n) is 15.0. The molecule has 3 aromatic heterocycles. The van der Waals surface area contributed by atoms with Crippen LogP contribution in [0.1, 0.15) is 26.3 Å². The van der Waals surface area contributed by atoms with Crippen molar-refractivity contribution in [1.82, 2.24) is 24.6 Å². The molecule has 1 aliphatic heterocycles. The summed E-state index contributed by atoms with van der Waals surface area (Å²) >= 11 is 0. The van der Waals surface area contributed by atoms with Gasteiger partial charge in [-0.3, -0.25) is 19.5 Å². The fourth-order valence-electron chi connectivity index (χ4n) is 3.54. The Morgan fingerprint density at radius 3 is 2.46 bits per heavy atom. The molecule has 0 saturated carbocycles. The Morgan fingerprint density at radius 2 is 1.71 bits per heavy atom. The number of pyridine rings is 2. The van der Waals surface area contributed by atoms with Gasteiger partial charge in [-0.15, -0.1) is 0 Å². The Balaban J connectivity index is 1.80. The van der Waals surface area contributed by atoms with Gasteiger partial charge in [-0.1, -0.05) is 30.3 Å². The second kappa shape index (κ2) is 6.09. The van der Waals surface area contributed by atoms with Crippen LogP contribution in [-0.4, -0.2) is 43.5 Å². The highest BCUT2D eigenvalue weighted by Crippen LogP contribution is 2.35. The van der Waals surface area contributed by atoms with E-state index in [0.717, 1.165) is 16.0 Å². The number of rotatable bonds is 3. The van der Waals surface area contributed by atoms with Gasteiger partial charge in [0.1, 0.15) is 5.69 Å². The molecule has 0 unspecified atom stereocenters. The van der Waals surface area contributed by atoms with Crippen LogP contribution in [0.4, 0.5) is 0 Å². The zero-order valence-corrected chi connectivity index (χ0v) is 15.0. The Hall–Kier alpha value is -3.87. The van der Waals surface area contributed by atoms with Crippen LogP contribution < -0.4 is 0 Å². The van der Waals surface area contributed by atoms with Gasteiger partial charge in [0.25, 0.3) is 11.8 Å². The minimum Gasteiger partial charge on any atom is -0.277 e. The number of benzene rings is 1. The van der Waals surface area contributed by atoms with Crippen molar-refractivity contribution in [3.05, 3.63) is 77.7 Å². The van der Waals surface area contributed by atoms with Crippen LogP contribution in [0.15, 0.2) is 61.1 Å². The number of imide groups is 1. The number of carbonyl (C=O) groups excluding carboxylic acids is 2. The first kappa shape index (κ1) is 16.3.